The maximum Gasteiger partial charge on any atom is 0.133 e. The van der Waals surface area contributed by atoms with Crippen LogP contribution in [0.15, 0.2) is 22.7 Å². The number of nitrogens with two attached hydrogens (primary N) is 1. The average molecular weight is 247 g/mol. The number of benzene rings is 1. The summed E-state index contributed by atoms with van der Waals surface area (Å²) in [5, 5.41) is 0. The lowest BCUT2D eigenvalue weighted by atomic mass is 10.3. The van der Waals surface area contributed by atoms with Gasteiger partial charge in [-0.3, -0.25) is 5.84 Å². The van der Waals surface area contributed by atoms with Crippen LogP contribution in [-0.2, 0) is 0 Å². The highest BCUT2D eigenvalue weighted by Gasteiger charge is 1.98. The second kappa shape index (κ2) is 6.74. The smallest absolute Gasteiger partial charge is 0.133 e. The highest BCUT2D eigenvalue weighted by molar-refractivity contribution is 9.10. The van der Waals surface area contributed by atoms with Gasteiger partial charge < -0.3 is 10.2 Å². The molecule has 1 aromatic carbocycles. The molecule has 0 spiro atoms. The lowest BCUT2D eigenvalue weighted by molar-refractivity contribution is 0.412. The molecular formula is C9H15BrN2O. The van der Waals surface area contributed by atoms with Gasteiger partial charge in [-0.25, -0.2) is 0 Å². The summed E-state index contributed by atoms with van der Waals surface area (Å²) in [4.78, 5) is 0. The van der Waals surface area contributed by atoms with Gasteiger partial charge in [0.25, 0.3) is 0 Å². The summed E-state index contributed by atoms with van der Waals surface area (Å²) in [6.45, 7) is 4.00. The molecule has 0 aromatic heterocycles. The third-order valence-electron chi connectivity index (χ3n) is 1.32. The van der Waals surface area contributed by atoms with Crippen LogP contribution in [0.25, 0.3) is 0 Å². The minimum atomic E-state index is 0.795. The topological polar surface area (TPSA) is 47.3 Å². The quantitative estimate of drug-likeness (QED) is 0.624. The van der Waals surface area contributed by atoms with E-state index in [-0.39, 0.29) is 0 Å². The van der Waals surface area contributed by atoms with Crippen LogP contribution < -0.4 is 16.0 Å². The summed E-state index contributed by atoms with van der Waals surface area (Å²) in [5.74, 6) is 5.99. The first-order chi connectivity index (χ1) is 6.27. The number of methoxy groups -OCH3 is 1. The number of nitrogens with one attached hydrogen (secondary N) is 1. The molecule has 0 aliphatic carbocycles. The summed E-state index contributed by atoms with van der Waals surface area (Å²) >= 11 is 3.33. The largest absolute Gasteiger partial charge is 0.496 e. The number of halogens is 1. The third-order valence-corrected chi connectivity index (χ3v) is 1.94. The zero-order valence-electron chi connectivity index (χ0n) is 8.10. The fourth-order valence-electron chi connectivity index (χ4n) is 0.756. The van der Waals surface area contributed by atoms with E-state index in [2.05, 4.69) is 21.4 Å². The first-order valence-electron chi connectivity index (χ1n) is 4.08. The fraction of sp³-hybridized carbons (Fsp3) is 0.333. The van der Waals surface area contributed by atoms with Gasteiger partial charge in [-0.1, -0.05) is 13.8 Å². The molecule has 0 saturated carbocycles. The van der Waals surface area contributed by atoms with Gasteiger partial charge >= 0.3 is 0 Å². The van der Waals surface area contributed by atoms with Gasteiger partial charge in [0.05, 0.1) is 11.6 Å². The summed E-state index contributed by atoms with van der Waals surface area (Å²) < 4.78 is 5.91. The first kappa shape index (κ1) is 12.3. The Morgan fingerprint density at radius 1 is 1.38 bits per heavy atom. The molecule has 1 rings (SSSR count). The third kappa shape index (κ3) is 3.65. The Morgan fingerprint density at radius 3 is 2.38 bits per heavy atom. The van der Waals surface area contributed by atoms with Crippen LogP contribution in [0, 0.1) is 0 Å². The number of nitrogen functional groups attached to an aromatic ring is 1. The Labute approximate surface area is 87.4 Å². The monoisotopic (exact) mass is 246 g/mol. The van der Waals surface area contributed by atoms with Crippen molar-refractivity contribution in [2.45, 2.75) is 13.8 Å². The number of anilines is 1. The lowest BCUT2D eigenvalue weighted by Crippen LogP contribution is -2.06. The zero-order chi connectivity index (χ0) is 10.3. The summed E-state index contributed by atoms with van der Waals surface area (Å²) in [6, 6.07) is 5.52. The molecule has 0 aliphatic rings. The molecule has 0 unspecified atom stereocenters. The Balaban J connectivity index is 0.000000671. The molecule has 0 saturated heterocycles. The standard InChI is InChI=1S/C7H9BrN2O.C2H6/c1-11-7-3-2-5(10-9)4-6(7)8;1-2/h2-4,10H,9H2,1H3;1-2H3. The number of hydrogen-bond donors (Lipinski definition) is 2. The Kier molecular flexibility index (Phi) is 6.36. The molecule has 3 nitrogen and oxygen atoms in total. The molecule has 0 amide bonds. The molecule has 0 aliphatic heterocycles. The lowest BCUT2D eigenvalue weighted by Gasteiger charge is -2.04. The Morgan fingerprint density at radius 2 is 2.00 bits per heavy atom. The van der Waals surface area contributed by atoms with Crippen molar-refractivity contribution < 1.29 is 4.74 Å². The van der Waals surface area contributed by atoms with Gasteiger partial charge in [0.2, 0.25) is 0 Å². The number of hydrazine groups is 1. The van der Waals surface area contributed by atoms with Crippen molar-refractivity contribution in [3.05, 3.63) is 22.7 Å². The fourth-order valence-corrected chi connectivity index (χ4v) is 1.30. The van der Waals surface area contributed by atoms with Crippen LogP contribution in [0.2, 0.25) is 0 Å². The number of ether oxygens (including phenoxy) is 1. The van der Waals surface area contributed by atoms with E-state index in [0.29, 0.717) is 0 Å². The van der Waals surface area contributed by atoms with Gasteiger partial charge in [0, 0.05) is 5.69 Å². The molecule has 13 heavy (non-hydrogen) atoms. The van der Waals surface area contributed by atoms with Crippen molar-refractivity contribution in [2.75, 3.05) is 12.5 Å². The van der Waals surface area contributed by atoms with Crippen molar-refractivity contribution in [1.82, 2.24) is 0 Å². The predicted octanol–water partition coefficient (Wildman–Crippen LogP) is 2.77. The van der Waals surface area contributed by atoms with E-state index < -0.39 is 0 Å². The number of hydrogen-bond acceptors (Lipinski definition) is 3. The van der Waals surface area contributed by atoms with E-state index in [4.69, 9.17) is 10.6 Å². The van der Waals surface area contributed by atoms with Gasteiger partial charge in [-0.15, -0.1) is 0 Å². The van der Waals surface area contributed by atoms with E-state index in [0.717, 1.165) is 15.9 Å². The van der Waals surface area contributed by atoms with Crippen LogP contribution in [0.4, 0.5) is 5.69 Å². The summed E-state index contributed by atoms with van der Waals surface area (Å²) in [5.41, 5.74) is 3.38. The highest BCUT2D eigenvalue weighted by Crippen LogP contribution is 2.26. The molecular weight excluding hydrogens is 232 g/mol. The Hall–Kier alpha value is -0.740. The highest BCUT2D eigenvalue weighted by atomic mass is 79.9. The first-order valence-corrected chi connectivity index (χ1v) is 4.87. The van der Waals surface area contributed by atoms with Crippen LogP contribution >= 0.6 is 15.9 Å². The van der Waals surface area contributed by atoms with Gasteiger partial charge in [-0.2, -0.15) is 0 Å². The molecule has 4 heteroatoms. The number of rotatable bonds is 2. The van der Waals surface area contributed by atoms with Crippen LogP contribution in [0.3, 0.4) is 0 Å². The van der Waals surface area contributed by atoms with E-state index >= 15 is 0 Å². The predicted molar refractivity (Wildman–Crippen MR) is 59.9 cm³/mol. The average Bonchev–Trinajstić information content (AvgIpc) is 2.20. The minimum Gasteiger partial charge on any atom is -0.496 e. The molecule has 1 aromatic rings. The normalized spacial score (nSPS) is 8.38. The van der Waals surface area contributed by atoms with Crippen molar-refractivity contribution in [1.29, 1.82) is 0 Å². The van der Waals surface area contributed by atoms with Crippen LogP contribution in [0.1, 0.15) is 13.8 Å². The second-order valence-electron chi connectivity index (χ2n) is 1.99. The molecule has 0 atom stereocenters. The molecule has 0 fully saturated rings. The molecule has 0 bridgehead atoms. The second-order valence-corrected chi connectivity index (χ2v) is 2.85. The molecule has 0 radical (unpaired) electrons. The maximum absolute atomic E-state index is 5.20. The van der Waals surface area contributed by atoms with E-state index in [9.17, 15) is 0 Å². The van der Waals surface area contributed by atoms with Crippen LogP contribution in [-0.4, -0.2) is 7.11 Å². The van der Waals surface area contributed by atoms with E-state index in [1.54, 1.807) is 7.11 Å². The molecule has 74 valence electrons. The summed E-state index contributed by atoms with van der Waals surface area (Å²) in [7, 11) is 1.62. The Bertz CT molecular complexity index is 253. The van der Waals surface area contributed by atoms with Gasteiger partial charge in [-0.05, 0) is 34.1 Å². The van der Waals surface area contributed by atoms with Gasteiger partial charge in [0.15, 0.2) is 0 Å². The van der Waals surface area contributed by atoms with Crippen molar-refractivity contribution >= 4 is 21.6 Å². The molecule has 0 heterocycles. The van der Waals surface area contributed by atoms with Crippen molar-refractivity contribution in [2.24, 2.45) is 5.84 Å². The summed E-state index contributed by atoms with van der Waals surface area (Å²) in [6.07, 6.45) is 0. The van der Waals surface area contributed by atoms with Gasteiger partial charge in [0.1, 0.15) is 5.75 Å². The maximum atomic E-state index is 5.20. The van der Waals surface area contributed by atoms with E-state index in [1.807, 2.05) is 32.0 Å². The van der Waals surface area contributed by atoms with E-state index in [1.165, 1.54) is 0 Å². The minimum absolute atomic E-state index is 0.795. The van der Waals surface area contributed by atoms with Crippen molar-refractivity contribution in [3.8, 4) is 5.75 Å². The molecule has 3 N–H and O–H groups in total. The SMILES string of the molecule is CC.COc1ccc(NN)cc1Br. The zero-order valence-corrected chi connectivity index (χ0v) is 9.68. The van der Waals surface area contributed by atoms with Crippen LogP contribution in [0.5, 0.6) is 5.75 Å². The van der Waals surface area contributed by atoms with Crippen molar-refractivity contribution in [3.63, 3.8) is 0 Å².